The Bertz CT molecular complexity index is 2320. The zero-order chi connectivity index (χ0) is 36.4. The minimum Gasteiger partial charge on any atom is -0.457 e. The van der Waals surface area contributed by atoms with E-state index in [4.69, 9.17) is 14.8 Å². The minimum absolute atomic E-state index is 0.00278. The highest BCUT2D eigenvalue weighted by Crippen LogP contribution is 2.38. The second-order valence-electron chi connectivity index (χ2n) is 15.2. The van der Waals surface area contributed by atoms with Crippen molar-refractivity contribution in [2.24, 2.45) is 0 Å². The van der Waals surface area contributed by atoms with Crippen molar-refractivity contribution in [1.82, 2.24) is 19.3 Å². The first-order valence-electron chi connectivity index (χ1n) is 19.2. The van der Waals surface area contributed by atoms with Crippen molar-refractivity contribution in [1.29, 1.82) is 0 Å². The van der Waals surface area contributed by atoms with Crippen molar-refractivity contribution in [3.63, 3.8) is 0 Å². The summed E-state index contributed by atoms with van der Waals surface area (Å²) in [4.78, 5) is 4.93. The number of benzene rings is 4. The first-order chi connectivity index (χ1) is 25.2. The molecule has 7 aromatic rings. The number of hydrogen-bond donors (Lipinski definition) is 0. The van der Waals surface area contributed by atoms with Crippen LogP contribution in [-0.4, -0.2) is 19.3 Å². The molecule has 3 heterocycles. The Balaban J connectivity index is 1.31. The van der Waals surface area contributed by atoms with E-state index in [9.17, 15) is 0 Å². The largest absolute Gasteiger partial charge is 0.457 e. The average Bonchev–Trinajstić information content (AvgIpc) is 3.70. The van der Waals surface area contributed by atoms with Crippen LogP contribution >= 0.6 is 0 Å². The van der Waals surface area contributed by atoms with Crippen LogP contribution in [0, 0.1) is 0 Å². The Labute approximate surface area is 309 Å². The fourth-order valence-electron chi connectivity index (χ4n) is 7.55. The molecule has 0 spiro atoms. The highest BCUT2D eigenvalue weighted by Gasteiger charge is 2.21. The van der Waals surface area contributed by atoms with Crippen molar-refractivity contribution in [3.8, 4) is 34.1 Å². The summed E-state index contributed by atoms with van der Waals surface area (Å²) in [6, 6.07) is 36.8. The number of aryl methyl sites for hydroxylation is 1. The van der Waals surface area contributed by atoms with E-state index in [1.807, 2.05) is 12.3 Å². The third-order valence-electron chi connectivity index (χ3n) is 10.5. The van der Waals surface area contributed by atoms with E-state index in [1.165, 1.54) is 64.4 Å². The predicted octanol–water partition coefficient (Wildman–Crippen LogP) is 12.9. The molecule has 0 saturated heterocycles. The first-order valence-corrected chi connectivity index (χ1v) is 19.2. The van der Waals surface area contributed by atoms with Crippen molar-refractivity contribution >= 4 is 21.8 Å². The molecule has 5 nitrogen and oxygen atoms in total. The molecule has 0 amide bonds. The summed E-state index contributed by atoms with van der Waals surface area (Å²) in [5.74, 6) is 2.98. The fourth-order valence-corrected chi connectivity index (χ4v) is 7.55. The second kappa shape index (κ2) is 14.8. The third-order valence-corrected chi connectivity index (χ3v) is 10.5. The molecule has 1 atom stereocenters. The highest BCUT2D eigenvalue weighted by atomic mass is 16.5. The van der Waals surface area contributed by atoms with E-state index < -0.39 is 0 Å². The van der Waals surface area contributed by atoms with E-state index in [1.54, 1.807) is 0 Å². The van der Waals surface area contributed by atoms with Gasteiger partial charge in [-0.15, -0.1) is 0 Å². The number of pyridine rings is 1. The van der Waals surface area contributed by atoms with E-state index in [2.05, 4.69) is 155 Å². The van der Waals surface area contributed by atoms with Gasteiger partial charge in [0.05, 0.1) is 28.1 Å². The summed E-state index contributed by atoms with van der Waals surface area (Å²) >= 11 is 0. The van der Waals surface area contributed by atoms with Gasteiger partial charge < -0.3 is 4.74 Å². The molecule has 7 rings (SSSR count). The molecule has 0 aliphatic rings. The smallest absolute Gasteiger partial charge is 0.137 e. The van der Waals surface area contributed by atoms with Gasteiger partial charge in [0.25, 0.3) is 0 Å². The van der Waals surface area contributed by atoms with Crippen molar-refractivity contribution in [3.05, 3.63) is 132 Å². The fraction of sp³-hybridized carbons (Fsp3) is 0.319. The molecule has 0 saturated carbocycles. The lowest BCUT2D eigenvalue weighted by molar-refractivity contribution is 0.482. The molecular weight excluding hydrogens is 637 g/mol. The lowest BCUT2D eigenvalue weighted by Crippen LogP contribution is -2.12. The van der Waals surface area contributed by atoms with Gasteiger partial charge >= 0.3 is 0 Å². The van der Waals surface area contributed by atoms with Gasteiger partial charge in [-0.05, 0) is 95.8 Å². The van der Waals surface area contributed by atoms with E-state index in [0.29, 0.717) is 5.92 Å². The van der Waals surface area contributed by atoms with Crippen molar-refractivity contribution in [2.45, 2.75) is 98.3 Å². The van der Waals surface area contributed by atoms with E-state index in [0.717, 1.165) is 52.6 Å². The van der Waals surface area contributed by atoms with Crippen LogP contribution in [0.4, 0.5) is 0 Å². The number of aromatic nitrogens is 4. The maximum atomic E-state index is 6.68. The summed E-state index contributed by atoms with van der Waals surface area (Å²) in [7, 11) is 0. The lowest BCUT2D eigenvalue weighted by atomic mass is 9.88. The summed E-state index contributed by atoms with van der Waals surface area (Å²) in [5.41, 5.74) is 10.6. The molecule has 52 heavy (non-hydrogen) atoms. The number of unbranched alkanes of at least 4 members (excludes halogenated alkanes) is 2. The highest BCUT2D eigenvalue weighted by molar-refractivity contribution is 6.09. The summed E-state index contributed by atoms with van der Waals surface area (Å²) < 4.78 is 11.1. The van der Waals surface area contributed by atoms with E-state index >= 15 is 0 Å². The quantitative estimate of drug-likeness (QED) is 0.120. The van der Waals surface area contributed by atoms with Gasteiger partial charge in [-0.3, -0.25) is 4.57 Å². The molecule has 0 aliphatic carbocycles. The average molecular weight is 689 g/mol. The van der Waals surface area contributed by atoms with Crippen LogP contribution in [0.2, 0.25) is 0 Å². The summed E-state index contributed by atoms with van der Waals surface area (Å²) in [6.45, 7) is 15.8. The standard InChI is InChI=1S/C47H52N4O/c1-8-11-13-17-32(4)34-22-25-43-40(28-34)39-24-23-38(31-44(39)50(43)45-29-35(26-27-48-45)47(5,6)7)52-37-21-16-20-36(30-37)51-42(10-3)46(41(9-2)49-51)33-18-14-12-15-19-33/h12,14-16,18-32H,8-11,13,17H2,1-7H3. The summed E-state index contributed by atoms with van der Waals surface area (Å²) in [5, 5.41) is 7.57. The van der Waals surface area contributed by atoms with Crippen molar-refractivity contribution < 1.29 is 4.74 Å². The number of fused-ring (bicyclic) bond motifs is 3. The Hall–Kier alpha value is -5.16. The molecular formula is C47H52N4O. The Kier molecular flexibility index (Phi) is 10.1. The van der Waals surface area contributed by atoms with Crippen LogP contribution in [-0.2, 0) is 18.3 Å². The normalized spacial score (nSPS) is 12.5. The summed E-state index contributed by atoms with van der Waals surface area (Å²) in [6.07, 6.45) is 8.66. The van der Waals surface area contributed by atoms with Crippen LogP contribution in [0.1, 0.15) is 103 Å². The molecule has 0 fully saturated rings. The Morgan fingerprint density at radius 1 is 0.731 bits per heavy atom. The Morgan fingerprint density at radius 2 is 1.54 bits per heavy atom. The van der Waals surface area contributed by atoms with Crippen molar-refractivity contribution in [2.75, 3.05) is 0 Å². The molecule has 0 radical (unpaired) electrons. The first kappa shape index (κ1) is 35.3. The number of hydrogen-bond acceptors (Lipinski definition) is 3. The van der Waals surface area contributed by atoms with Gasteiger partial charge in [-0.1, -0.05) is 110 Å². The van der Waals surface area contributed by atoms with Gasteiger partial charge in [0, 0.05) is 34.7 Å². The number of ether oxygens (including phenoxy) is 1. The molecule has 4 aromatic carbocycles. The van der Waals surface area contributed by atoms with Gasteiger partial charge in [0.15, 0.2) is 0 Å². The van der Waals surface area contributed by atoms with Crippen LogP contribution in [0.15, 0.2) is 109 Å². The number of rotatable bonds is 12. The molecule has 1 unspecified atom stereocenters. The number of nitrogens with zero attached hydrogens (tertiary/aromatic N) is 4. The maximum absolute atomic E-state index is 6.68. The predicted molar refractivity (Wildman–Crippen MR) is 218 cm³/mol. The van der Waals surface area contributed by atoms with Crippen LogP contribution in [0.3, 0.4) is 0 Å². The topological polar surface area (TPSA) is 44.9 Å². The maximum Gasteiger partial charge on any atom is 0.137 e. The SMILES string of the molecule is CCCCCC(C)c1ccc2c(c1)c1ccc(Oc3cccc(-n4nc(CC)c(-c5ccccc5)c4CC)c3)cc1n2-c1cc(C(C)(C)C)ccn1. The third kappa shape index (κ3) is 6.89. The molecule has 0 N–H and O–H groups in total. The molecule has 3 aromatic heterocycles. The van der Waals surface area contributed by atoms with Gasteiger partial charge in [0.1, 0.15) is 17.3 Å². The second-order valence-corrected chi connectivity index (χ2v) is 15.2. The van der Waals surface area contributed by atoms with E-state index in [-0.39, 0.29) is 5.41 Å². The molecule has 5 heteroatoms. The van der Waals surface area contributed by atoms with Gasteiger partial charge in [0.2, 0.25) is 0 Å². The van der Waals surface area contributed by atoms with Gasteiger partial charge in [-0.25, -0.2) is 9.67 Å². The molecule has 266 valence electrons. The molecule has 0 bridgehead atoms. The Morgan fingerprint density at radius 3 is 2.29 bits per heavy atom. The monoisotopic (exact) mass is 688 g/mol. The van der Waals surface area contributed by atoms with Crippen LogP contribution < -0.4 is 4.74 Å². The van der Waals surface area contributed by atoms with Crippen LogP contribution in [0.25, 0.3) is 44.4 Å². The minimum atomic E-state index is 0.00278. The molecule has 0 aliphatic heterocycles. The zero-order valence-electron chi connectivity index (χ0n) is 31.9. The van der Waals surface area contributed by atoms with Crippen LogP contribution in [0.5, 0.6) is 11.5 Å². The zero-order valence-corrected chi connectivity index (χ0v) is 31.9. The lowest BCUT2D eigenvalue weighted by Gasteiger charge is -2.20. The van der Waals surface area contributed by atoms with Gasteiger partial charge in [-0.2, -0.15) is 5.10 Å².